The van der Waals surface area contributed by atoms with Crippen molar-refractivity contribution in [2.45, 2.75) is 18.7 Å². The normalized spacial score (nSPS) is 11.4. The summed E-state index contributed by atoms with van der Waals surface area (Å²) in [4.78, 5) is 23.3. The van der Waals surface area contributed by atoms with Gasteiger partial charge in [-0.15, -0.1) is 0 Å². The van der Waals surface area contributed by atoms with Crippen molar-refractivity contribution < 1.29 is 22.4 Å². The first-order valence-corrected chi connectivity index (χ1v) is 9.18. The number of nitrogens with one attached hydrogen (secondary N) is 1. The molecule has 6 nitrogen and oxygen atoms in total. The zero-order valence-corrected chi connectivity index (χ0v) is 15.4. The molecule has 0 fully saturated rings. The number of ketones is 1. The summed E-state index contributed by atoms with van der Waals surface area (Å²) in [6, 6.07) is 9.68. The standard InChI is InChI=1S/C18H19FN2O4S/c1-12-4-7-15(10-17(12)19)20-18(23)11-21(3)26(24,25)16-8-5-14(6-9-16)13(2)22/h4-10H,11H2,1-3H3,(H,20,23). The lowest BCUT2D eigenvalue weighted by Crippen LogP contribution is -2.35. The Balaban J connectivity index is 2.09. The van der Waals surface area contributed by atoms with Crippen LogP contribution in [0.3, 0.4) is 0 Å². The number of benzene rings is 2. The molecule has 2 aromatic rings. The molecule has 8 heteroatoms. The Kier molecular flexibility index (Phi) is 5.89. The van der Waals surface area contributed by atoms with E-state index < -0.39 is 28.3 Å². The van der Waals surface area contributed by atoms with Crippen LogP contribution < -0.4 is 5.32 Å². The van der Waals surface area contributed by atoms with Gasteiger partial charge in [-0.05, 0) is 43.7 Å². The van der Waals surface area contributed by atoms with Gasteiger partial charge in [0.15, 0.2) is 5.78 Å². The maximum absolute atomic E-state index is 13.5. The Morgan fingerprint density at radius 2 is 1.73 bits per heavy atom. The maximum Gasteiger partial charge on any atom is 0.243 e. The van der Waals surface area contributed by atoms with Crippen molar-refractivity contribution in [1.29, 1.82) is 0 Å². The van der Waals surface area contributed by atoms with Crippen molar-refractivity contribution in [2.24, 2.45) is 0 Å². The van der Waals surface area contributed by atoms with E-state index >= 15 is 0 Å². The van der Waals surface area contributed by atoms with E-state index in [1.807, 2.05) is 0 Å². The van der Waals surface area contributed by atoms with Crippen LogP contribution in [-0.2, 0) is 14.8 Å². The fraction of sp³-hybridized carbons (Fsp3) is 0.222. The fourth-order valence-corrected chi connectivity index (χ4v) is 3.33. The number of amides is 1. The minimum atomic E-state index is -3.90. The van der Waals surface area contributed by atoms with Crippen LogP contribution >= 0.6 is 0 Å². The first-order chi connectivity index (χ1) is 12.1. The number of carbonyl (C=O) groups is 2. The second-order valence-corrected chi connectivity index (χ2v) is 7.90. The molecule has 0 saturated carbocycles. The van der Waals surface area contributed by atoms with Gasteiger partial charge >= 0.3 is 0 Å². The molecule has 1 N–H and O–H groups in total. The van der Waals surface area contributed by atoms with E-state index in [0.717, 1.165) is 4.31 Å². The number of hydrogen-bond donors (Lipinski definition) is 1. The lowest BCUT2D eigenvalue weighted by atomic mass is 10.2. The summed E-state index contributed by atoms with van der Waals surface area (Å²) < 4.78 is 39.4. The average Bonchev–Trinajstić information content (AvgIpc) is 2.58. The predicted molar refractivity (Wildman–Crippen MR) is 96.0 cm³/mol. The van der Waals surface area contributed by atoms with Crippen LogP contribution in [0.2, 0.25) is 0 Å². The van der Waals surface area contributed by atoms with E-state index in [1.54, 1.807) is 6.92 Å². The third-order valence-electron chi connectivity index (χ3n) is 3.79. The Morgan fingerprint density at radius 3 is 2.27 bits per heavy atom. The van der Waals surface area contributed by atoms with Crippen LogP contribution in [0.25, 0.3) is 0 Å². The molecule has 26 heavy (non-hydrogen) atoms. The summed E-state index contributed by atoms with van der Waals surface area (Å²) in [7, 11) is -2.63. The molecule has 0 aromatic heterocycles. The van der Waals surface area contributed by atoms with E-state index in [2.05, 4.69) is 5.32 Å². The molecule has 0 aliphatic carbocycles. The fourth-order valence-electron chi connectivity index (χ4n) is 2.20. The molecule has 0 atom stereocenters. The van der Waals surface area contributed by atoms with Gasteiger partial charge in [0.1, 0.15) is 5.82 Å². The van der Waals surface area contributed by atoms with E-state index in [1.165, 1.54) is 56.4 Å². The van der Waals surface area contributed by atoms with Gasteiger partial charge < -0.3 is 5.32 Å². The lowest BCUT2D eigenvalue weighted by Gasteiger charge is -2.17. The Hall–Kier alpha value is -2.58. The molecule has 2 rings (SSSR count). The summed E-state index contributed by atoms with van der Waals surface area (Å²) in [5, 5.41) is 2.46. The van der Waals surface area contributed by atoms with E-state index in [0.29, 0.717) is 11.1 Å². The first kappa shape index (κ1) is 19.7. The summed E-state index contributed by atoms with van der Waals surface area (Å²) in [5.41, 5.74) is 1.08. The maximum atomic E-state index is 13.5. The first-order valence-electron chi connectivity index (χ1n) is 7.74. The molecule has 0 spiro atoms. The molecule has 2 aromatic carbocycles. The van der Waals surface area contributed by atoms with Gasteiger partial charge in [0.25, 0.3) is 0 Å². The average molecular weight is 378 g/mol. The highest BCUT2D eigenvalue weighted by molar-refractivity contribution is 7.89. The second kappa shape index (κ2) is 7.76. The van der Waals surface area contributed by atoms with E-state index in [9.17, 15) is 22.4 Å². The van der Waals surface area contributed by atoms with Crippen molar-refractivity contribution in [1.82, 2.24) is 4.31 Å². The molecular weight excluding hydrogens is 359 g/mol. The molecule has 138 valence electrons. The number of aryl methyl sites for hydroxylation is 1. The number of rotatable bonds is 6. The molecule has 0 bridgehead atoms. The lowest BCUT2D eigenvalue weighted by molar-refractivity contribution is -0.116. The molecule has 0 radical (unpaired) electrons. The molecule has 0 heterocycles. The highest BCUT2D eigenvalue weighted by Crippen LogP contribution is 2.17. The number of anilines is 1. The molecule has 0 aliphatic heterocycles. The number of carbonyl (C=O) groups excluding carboxylic acids is 2. The molecular formula is C18H19FN2O4S. The van der Waals surface area contributed by atoms with Gasteiger partial charge in [0.2, 0.25) is 15.9 Å². The number of sulfonamides is 1. The van der Waals surface area contributed by atoms with Gasteiger partial charge in [0, 0.05) is 18.3 Å². The summed E-state index contributed by atoms with van der Waals surface area (Å²) in [5.74, 6) is -1.24. The van der Waals surface area contributed by atoms with Crippen molar-refractivity contribution in [2.75, 3.05) is 18.9 Å². The Labute approximate surface area is 151 Å². The van der Waals surface area contributed by atoms with E-state index in [-0.39, 0.29) is 16.4 Å². The van der Waals surface area contributed by atoms with Crippen molar-refractivity contribution in [3.05, 3.63) is 59.4 Å². The Bertz CT molecular complexity index is 940. The van der Waals surface area contributed by atoms with Gasteiger partial charge in [-0.1, -0.05) is 18.2 Å². The van der Waals surface area contributed by atoms with Gasteiger partial charge in [-0.3, -0.25) is 9.59 Å². The number of hydrogen-bond acceptors (Lipinski definition) is 4. The number of nitrogens with zero attached hydrogens (tertiary/aromatic N) is 1. The zero-order chi connectivity index (χ0) is 19.5. The summed E-state index contributed by atoms with van der Waals surface area (Å²) >= 11 is 0. The zero-order valence-electron chi connectivity index (χ0n) is 14.6. The number of likely N-dealkylation sites (N-methyl/N-ethyl adjacent to an activating group) is 1. The quantitative estimate of drug-likeness (QED) is 0.783. The largest absolute Gasteiger partial charge is 0.325 e. The molecule has 0 unspecified atom stereocenters. The van der Waals surface area contributed by atoms with Crippen LogP contribution in [0.5, 0.6) is 0 Å². The summed E-state index contributed by atoms with van der Waals surface area (Å²) in [6.45, 7) is 2.54. The van der Waals surface area contributed by atoms with Crippen LogP contribution in [0.4, 0.5) is 10.1 Å². The predicted octanol–water partition coefficient (Wildman–Crippen LogP) is 2.60. The minimum Gasteiger partial charge on any atom is -0.325 e. The van der Waals surface area contributed by atoms with E-state index in [4.69, 9.17) is 0 Å². The van der Waals surface area contributed by atoms with Gasteiger partial charge in [-0.2, -0.15) is 4.31 Å². The topological polar surface area (TPSA) is 83.6 Å². The monoisotopic (exact) mass is 378 g/mol. The molecule has 0 aliphatic rings. The molecule has 1 amide bonds. The van der Waals surface area contributed by atoms with Crippen LogP contribution in [-0.4, -0.2) is 38.0 Å². The third-order valence-corrected chi connectivity index (χ3v) is 5.61. The van der Waals surface area contributed by atoms with Crippen LogP contribution in [0.1, 0.15) is 22.8 Å². The minimum absolute atomic E-state index is 0.0285. The van der Waals surface area contributed by atoms with Crippen LogP contribution in [0, 0.1) is 12.7 Å². The smallest absolute Gasteiger partial charge is 0.243 e. The third kappa shape index (κ3) is 4.53. The molecule has 0 saturated heterocycles. The number of halogens is 1. The SMILES string of the molecule is CC(=O)c1ccc(S(=O)(=O)N(C)CC(=O)Nc2ccc(C)c(F)c2)cc1. The van der Waals surface area contributed by atoms with Crippen molar-refractivity contribution >= 4 is 27.4 Å². The Morgan fingerprint density at radius 1 is 1.12 bits per heavy atom. The summed E-state index contributed by atoms with van der Waals surface area (Å²) in [6.07, 6.45) is 0. The van der Waals surface area contributed by atoms with Crippen LogP contribution in [0.15, 0.2) is 47.4 Å². The highest BCUT2D eigenvalue weighted by atomic mass is 32.2. The van der Waals surface area contributed by atoms with Crippen molar-refractivity contribution in [3.8, 4) is 0 Å². The van der Waals surface area contributed by atoms with Crippen molar-refractivity contribution in [3.63, 3.8) is 0 Å². The van der Waals surface area contributed by atoms with Gasteiger partial charge in [0.05, 0.1) is 11.4 Å². The van der Waals surface area contributed by atoms with Gasteiger partial charge in [-0.25, -0.2) is 12.8 Å². The highest BCUT2D eigenvalue weighted by Gasteiger charge is 2.23. The number of Topliss-reactive ketones (excluding diaryl/α,β-unsaturated/α-hetero) is 1. The second-order valence-electron chi connectivity index (χ2n) is 5.85.